The summed E-state index contributed by atoms with van der Waals surface area (Å²) in [5, 5.41) is 7.80. The molecule has 0 bridgehead atoms. The van der Waals surface area contributed by atoms with Gasteiger partial charge in [0.2, 0.25) is 0 Å². The highest BCUT2D eigenvalue weighted by molar-refractivity contribution is 6.00. The van der Waals surface area contributed by atoms with E-state index in [0.717, 1.165) is 22.3 Å². The molecule has 3 rings (SSSR count). The van der Waals surface area contributed by atoms with Crippen molar-refractivity contribution in [1.82, 2.24) is 4.98 Å². The minimum absolute atomic E-state index is 0.130. The second-order valence-electron chi connectivity index (χ2n) is 3.64. The van der Waals surface area contributed by atoms with Crippen LogP contribution in [0.5, 0.6) is 0 Å². The van der Waals surface area contributed by atoms with Gasteiger partial charge in [0.1, 0.15) is 6.17 Å². The van der Waals surface area contributed by atoms with Crippen molar-refractivity contribution in [2.24, 2.45) is 5.73 Å². The third kappa shape index (κ3) is 1.22. The van der Waals surface area contributed by atoms with E-state index in [-0.39, 0.29) is 6.17 Å². The third-order valence-electron chi connectivity index (χ3n) is 2.67. The molecule has 2 aromatic rings. The maximum Gasteiger partial charge on any atom is 0.109 e. The van der Waals surface area contributed by atoms with Crippen molar-refractivity contribution < 1.29 is 0 Å². The summed E-state index contributed by atoms with van der Waals surface area (Å²) in [5.41, 5.74) is 8.83. The fourth-order valence-corrected chi connectivity index (χ4v) is 1.94. The molecule has 1 aromatic carbocycles. The van der Waals surface area contributed by atoms with Gasteiger partial charge < -0.3 is 16.4 Å². The number of nitrogens with one attached hydrogen (secondary N) is 2. The molecule has 0 amide bonds. The van der Waals surface area contributed by atoms with Crippen LogP contribution in [0, 0.1) is 0 Å². The smallest absolute Gasteiger partial charge is 0.109 e. The lowest BCUT2D eigenvalue weighted by molar-refractivity contribution is 0.845. The first-order valence-electron chi connectivity index (χ1n) is 4.99. The predicted molar refractivity (Wildman–Crippen MR) is 61.8 cm³/mol. The SMILES string of the molecule is NCC1Nc2ccc3ncccc3c2N1. The molecule has 76 valence electrons. The molecule has 1 atom stereocenters. The molecule has 0 fully saturated rings. The lowest BCUT2D eigenvalue weighted by Crippen LogP contribution is -2.31. The van der Waals surface area contributed by atoms with E-state index in [1.54, 1.807) is 6.20 Å². The Kier molecular flexibility index (Phi) is 1.76. The third-order valence-corrected chi connectivity index (χ3v) is 2.67. The minimum atomic E-state index is 0.130. The van der Waals surface area contributed by atoms with Crippen molar-refractivity contribution in [1.29, 1.82) is 0 Å². The van der Waals surface area contributed by atoms with Crippen LogP contribution in [0.15, 0.2) is 30.5 Å². The number of hydrogen-bond donors (Lipinski definition) is 3. The first-order valence-corrected chi connectivity index (χ1v) is 4.99. The van der Waals surface area contributed by atoms with Crippen molar-refractivity contribution in [2.45, 2.75) is 6.17 Å². The van der Waals surface area contributed by atoms with Gasteiger partial charge in [-0.05, 0) is 24.3 Å². The van der Waals surface area contributed by atoms with Gasteiger partial charge in [0.15, 0.2) is 0 Å². The Balaban J connectivity index is 2.20. The molecule has 1 aliphatic rings. The predicted octanol–water partition coefficient (Wildman–Crippen LogP) is 1.36. The zero-order valence-corrected chi connectivity index (χ0v) is 8.20. The Morgan fingerprint density at radius 2 is 2.20 bits per heavy atom. The van der Waals surface area contributed by atoms with Gasteiger partial charge in [-0.3, -0.25) is 4.98 Å². The first kappa shape index (κ1) is 8.49. The molecule has 0 saturated heterocycles. The highest BCUT2D eigenvalue weighted by atomic mass is 15.2. The average molecular weight is 200 g/mol. The zero-order chi connectivity index (χ0) is 10.3. The van der Waals surface area contributed by atoms with Crippen molar-refractivity contribution in [3.63, 3.8) is 0 Å². The van der Waals surface area contributed by atoms with Crippen LogP contribution in [0.4, 0.5) is 11.4 Å². The molecule has 15 heavy (non-hydrogen) atoms. The number of pyridine rings is 1. The summed E-state index contributed by atoms with van der Waals surface area (Å²) in [5.74, 6) is 0. The second-order valence-corrected chi connectivity index (χ2v) is 3.64. The minimum Gasteiger partial charge on any atom is -0.363 e. The highest BCUT2D eigenvalue weighted by Crippen LogP contribution is 2.34. The van der Waals surface area contributed by atoms with Crippen LogP contribution in [-0.2, 0) is 0 Å². The average Bonchev–Trinajstić information content (AvgIpc) is 2.72. The van der Waals surface area contributed by atoms with Crippen molar-refractivity contribution in [3.05, 3.63) is 30.5 Å². The van der Waals surface area contributed by atoms with Crippen LogP contribution in [0.25, 0.3) is 10.9 Å². The van der Waals surface area contributed by atoms with Crippen LogP contribution in [0.3, 0.4) is 0 Å². The number of aromatic nitrogens is 1. The standard InChI is InChI=1S/C11H12N4/c12-6-10-14-9-4-3-8-7(11(9)15-10)2-1-5-13-8/h1-5,10,14-15H,6,12H2. The number of anilines is 2. The maximum absolute atomic E-state index is 5.62. The number of benzene rings is 1. The fourth-order valence-electron chi connectivity index (χ4n) is 1.94. The molecule has 1 unspecified atom stereocenters. The number of fused-ring (bicyclic) bond motifs is 3. The largest absolute Gasteiger partial charge is 0.363 e. The van der Waals surface area contributed by atoms with Gasteiger partial charge in [0.25, 0.3) is 0 Å². The van der Waals surface area contributed by atoms with E-state index in [1.807, 2.05) is 18.2 Å². The number of hydrogen-bond acceptors (Lipinski definition) is 4. The molecule has 0 radical (unpaired) electrons. The van der Waals surface area contributed by atoms with E-state index in [0.29, 0.717) is 6.54 Å². The maximum atomic E-state index is 5.62. The molecule has 0 spiro atoms. The van der Waals surface area contributed by atoms with Gasteiger partial charge in [-0.25, -0.2) is 0 Å². The van der Waals surface area contributed by atoms with Gasteiger partial charge in [0.05, 0.1) is 16.9 Å². The monoisotopic (exact) mass is 200 g/mol. The Bertz CT molecular complexity index is 509. The van der Waals surface area contributed by atoms with Crippen molar-refractivity contribution >= 4 is 22.3 Å². The van der Waals surface area contributed by atoms with Crippen LogP contribution < -0.4 is 16.4 Å². The molecule has 2 heterocycles. The van der Waals surface area contributed by atoms with Gasteiger partial charge >= 0.3 is 0 Å². The van der Waals surface area contributed by atoms with Crippen LogP contribution in [0.2, 0.25) is 0 Å². The van der Waals surface area contributed by atoms with E-state index < -0.39 is 0 Å². The summed E-state index contributed by atoms with van der Waals surface area (Å²) >= 11 is 0. The Hall–Kier alpha value is -1.81. The topological polar surface area (TPSA) is 63.0 Å². The summed E-state index contributed by atoms with van der Waals surface area (Å²) in [6.07, 6.45) is 1.93. The molecular weight excluding hydrogens is 188 g/mol. The summed E-state index contributed by atoms with van der Waals surface area (Å²) in [6.45, 7) is 0.566. The Morgan fingerprint density at radius 3 is 3.07 bits per heavy atom. The van der Waals surface area contributed by atoms with Gasteiger partial charge in [-0.1, -0.05) is 0 Å². The molecule has 1 aromatic heterocycles. The highest BCUT2D eigenvalue weighted by Gasteiger charge is 2.19. The normalized spacial score (nSPS) is 18.3. The van der Waals surface area contributed by atoms with E-state index in [9.17, 15) is 0 Å². The van der Waals surface area contributed by atoms with Crippen molar-refractivity contribution in [3.8, 4) is 0 Å². The molecule has 4 N–H and O–H groups in total. The zero-order valence-electron chi connectivity index (χ0n) is 8.20. The Labute approximate surface area is 87.5 Å². The molecule has 4 nitrogen and oxygen atoms in total. The first-order chi connectivity index (χ1) is 7.38. The molecule has 1 aliphatic heterocycles. The number of nitrogens with two attached hydrogens (primary N) is 1. The van der Waals surface area contributed by atoms with Gasteiger partial charge in [-0.15, -0.1) is 0 Å². The number of rotatable bonds is 1. The lowest BCUT2D eigenvalue weighted by Gasteiger charge is -2.07. The summed E-state index contributed by atoms with van der Waals surface area (Å²) in [4.78, 5) is 4.31. The van der Waals surface area contributed by atoms with E-state index >= 15 is 0 Å². The number of nitrogens with zero attached hydrogens (tertiary/aromatic N) is 1. The molecule has 4 heteroatoms. The van der Waals surface area contributed by atoms with Crippen LogP contribution >= 0.6 is 0 Å². The summed E-state index contributed by atoms with van der Waals surface area (Å²) in [7, 11) is 0. The van der Waals surface area contributed by atoms with Crippen molar-refractivity contribution in [2.75, 3.05) is 17.2 Å². The van der Waals surface area contributed by atoms with E-state index in [1.165, 1.54) is 0 Å². The quantitative estimate of drug-likeness (QED) is 0.650. The van der Waals surface area contributed by atoms with Gasteiger partial charge in [-0.2, -0.15) is 0 Å². The summed E-state index contributed by atoms with van der Waals surface area (Å²) in [6, 6.07) is 8.06. The molecular formula is C11H12N4. The van der Waals surface area contributed by atoms with Crippen LogP contribution in [0.1, 0.15) is 0 Å². The van der Waals surface area contributed by atoms with E-state index in [2.05, 4.69) is 21.7 Å². The second kappa shape index (κ2) is 3.10. The lowest BCUT2D eigenvalue weighted by atomic mass is 10.1. The molecule has 0 saturated carbocycles. The summed E-state index contributed by atoms with van der Waals surface area (Å²) < 4.78 is 0. The van der Waals surface area contributed by atoms with Gasteiger partial charge in [0, 0.05) is 18.1 Å². The molecule has 0 aliphatic carbocycles. The Morgan fingerprint density at radius 1 is 1.27 bits per heavy atom. The fraction of sp³-hybridized carbons (Fsp3) is 0.182. The van der Waals surface area contributed by atoms with Crippen LogP contribution in [-0.4, -0.2) is 17.7 Å². The van der Waals surface area contributed by atoms with E-state index in [4.69, 9.17) is 5.73 Å².